The lowest BCUT2D eigenvalue weighted by Gasteiger charge is -2.19. The zero-order valence-corrected chi connectivity index (χ0v) is 14.9. The van der Waals surface area contributed by atoms with E-state index >= 15 is 0 Å². The summed E-state index contributed by atoms with van der Waals surface area (Å²) >= 11 is 6.01. The highest BCUT2D eigenvalue weighted by molar-refractivity contribution is 6.32. The van der Waals surface area contributed by atoms with Crippen molar-refractivity contribution in [2.75, 3.05) is 13.7 Å². The molecule has 4 nitrogen and oxygen atoms in total. The van der Waals surface area contributed by atoms with E-state index in [1.54, 1.807) is 19.2 Å². The summed E-state index contributed by atoms with van der Waals surface area (Å²) in [6.45, 7) is 3.94. The summed E-state index contributed by atoms with van der Waals surface area (Å²) in [7, 11) is 1.65. The fraction of sp³-hybridized carbons (Fsp3) is 0.316. The second-order valence-corrected chi connectivity index (χ2v) is 5.88. The van der Waals surface area contributed by atoms with Crippen molar-refractivity contribution >= 4 is 17.5 Å². The molecule has 2 aromatic rings. The number of hydrogen-bond donors (Lipinski definition) is 1. The molecule has 0 heterocycles. The number of amides is 1. The van der Waals surface area contributed by atoms with Crippen molar-refractivity contribution in [3.05, 3.63) is 58.6 Å². The van der Waals surface area contributed by atoms with E-state index < -0.39 is 0 Å². The number of rotatable bonds is 7. The predicted molar refractivity (Wildman–Crippen MR) is 95.9 cm³/mol. The summed E-state index contributed by atoms with van der Waals surface area (Å²) in [6, 6.07) is 12.9. The van der Waals surface area contributed by atoms with Gasteiger partial charge in [-0.1, -0.05) is 42.8 Å². The molecule has 0 radical (unpaired) electrons. The largest absolute Gasteiger partial charge is 0.496 e. The molecule has 24 heavy (non-hydrogen) atoms. The van der Waals surface area contributed by atoms with Gasteiger partial charge in [0.25, 0.3) is 5.91 Å². The SMILES string of the molecule is CC[C@H](NC(=O)COc1ccccc1Cl)c1ccc(OC)c(C)c1. The highest BCUT2D eigenvalue weighted by atomic mass is 35.5. The third kappa shape index (κ3) is 4.65. The number of carbonyl (C=O) groups excluding carboxylic acids is 1. The van der Waals surface area contributed by atoms with Crippen LogP contribution in [0.1, 0.15) is 30.5 Å². The molecule has 0 saturated heterocycles. The van der Waals surface area contributed by atoms with Gasteiger partial charge in [-0.3, -0.25) is 4.79 Å². The molecule has 0 spiro atoms. The van der Waals surface area contributed by atoms with E-state index in [1.165, 1.54) is 0 Å². The lowest BCUT2D eigenvalue weighted by atomic mass is 10.0. The lowest BCUT2D eigenvalue weighted by Crippen LogP contribution is -2.32. The molecule has 1 atom stereocenters. The summed E-state index contributed by atoms with van der Waals surface area (Å²) in [4.78, 5) is 12.2. The molecular formula is C19H22ClNO3. The Kier molecular flexibility index (Phi) is 6.50. The van der Waals surface area contributed by atoms with Gasteiger partial charge in [-0.05, 0) is 42.7 Å². The highest BCUT2D eigenvalue weighted by Gasteiger charge is 2.14. The molecule has 0 aromatic heterocycles. The Morgan fingerprint density at radius 2 is 1.96 bits per heavy atom. The molecule has 0 saturated carbocycles. The van der Waals surface area contributed by atoms with Crippen LogP contribution in [0.5, 0.6) is 11.5 Å². The van der Waals surface area contributed by atoms with Crippen LogP contribution >= 0.6 is 11.6 Å². The maximum atomic E-state index is 12.2. The average molecular weight is 348 g/mol. The van der Waals surface area contributed by atoms with Crippen molar-refractivity contribution < 1.29 is 14.3 Å². The lowest BCUT2D eigenvalue weighted by molar-refractivity contribution is -0.123. The van der Waals surface area contributed by atoms with Crippen LogP contribution in [-0.2, 0) is 4.79 Å². The molecule has 0 bridgehead atoms. The number of carbonyl (C=O) groups is 1. The van der Waals surface area contributed by atoms with Crippen LogP contribution < -0.4 is 14.8 Å². The summed E-state index contributed by atoms with van der Waals surface area (Å²) < 4.78 is 10.7. The predicted octanol–water partition coefficient (Wildman–Crippen LogP) is 4.30. The summed E-state index contributed by atoms with van der Waals surface area (Å²) in [6.07, 6.45) is 0.781. The van der Waals surface area contributed by atoms with E-state index in [0.717, 1.165) is 23.3 Å². The van der Waals surface area contributed by atoms with Crippen LogP contribution in [0.3, 0.4) is 0 Å². The Labute approximate surface area is 147 Å². The number of benzene rings is 2. The summed E-state index contributed by atoms with van der Waals surface area (Å²) in [5, 5.41) is 3.48. The maximum Gasteiger partial charge on any atom is 0.258 e. The number of methoxy groups -OCH3 is 1. The second kappa shape index (κ2) is 8.60. The van der Waals surface area contributed by atoms with Gasteiger partial charge in [0, 0.05) is 0 Å². The molecule has 0 aliphatic carbocycles. The van der Waals surface area contributed by atoms with E-state index in [9.17, 15) is 4.79 Å². The number of ether oxygens (including phenoxy) is 2. The standard InChI is InChI=1S/C19H22ClNO3/c1-4-16(14-9-10-17(23-3)13(2)11-14)21-19(22)12-24-18-8-6-5-7-15(18)20/h5-11,16H,4,12H2,1-3H3,(H,21,22)/t16-/m0/s1. The van der Waals surface area contributed by atoms with Gasteiger partial charge in [-0.2, -0.15) is 0 Å². The molecule has 5 heteroatoms. The number of halogens is 1. The summed E-state index contributed by atoms with van der Waals surface area (Å²) in [5.41, 5.74) is 2.08. The topological polar surface area (TPSA) is 47.6 Å². The number of hydrogen-bond acceptors (Lipinski definition) is 3. The number of para-hydroxylation sites is 1. The van der Waals surface area contributed by atoms with E-state index in [1.807, 2.05) is 44.2 Å². The maximum absolute atomic E-state index is 12.2. The number of aryl methyl sites for hydroxylation is 1. The third-order valence-corrected chi connectivity index (χ3v) is 4.07. The smallest absolute Gasteiger partial charge is 0.258 e. The Morgan fingerprint density at radius 1 is 1.21 bits per heavy atom. The van der Waals surface area contributed by atoms with Gasteiger partial charge in [0.2, 0.25) is 0 Å². The second-order valence-electron chi connectivity index (χ2n) is 5.48. The first-order valence-corrected chi connectivity index (χ1v) is 8.24. The van der Waals surface area contributed by atoms with Gasteiger partial charge >= 0.3 is 0 Å². The van der Waals surface area contributed by atoms with Crippen molar-refractivity contribution in [2.45, 2.75) is 26.3 Å². The van der Waals surface area contributed by atoms with E-state index in [0.29, 0.717) is 10.8 Å². The number of nitrogens with one attached hydrogen (secondary N) is 1. The Morgan fingerprint density at radius 3 is 2.58 bits per heavy atom. The third-order valence-electron chi connectivity index (χ3n) is 3.76. The van der Waals surface area contributed by atoms with Gasteiger partial charge in [0.05, 0.1) is 18.2 Å². The first kappa shape index (κ1) is 18.1. The minimum absolute atomic E-state index is 0.0723. The normalized spacial score (nSPS) is 11.7. The van der Waals surface area contributed by atoms with Gasteiger partial charge in [-0.15, -0.1) is 0 Å². The van der Waals surface area contributed by atoms with Gasteiger partial charge in [0.15, 0.2) is 6.61 Å². The van der Waals surface area contributed by atoms with Crippen molar-refractivity contribution in [1.82, 2.24) is 5.32 Å². The molecule has 2 aromatic carbocycles. The Bertz CT molecular complexity index is 703. The fourth-order valence-electron chi connectivity index (χ4n) is 2.48. The molecule has 128 valence electrons. The summed E-state index contributed by atoms with van der Waals surface area (Å²) in [5.74, 6) is 1.15. The highest BCUT2D eigenvalue weighted by Crippen LogP contribution is 2.25. The van der Waals surface area contributed by atoms with Gasteiger partial charge in [0.1, 0.15) is 11.5 Å². The van der Waals surface area contributed by atoms with Gasteiger partial charge in [-0.25, -0.2) is 0 Å². The molecule has 0 fully saturated rings. The van der Waals surface area contributed by atoms with Crippen LogP contribution in [0.15, 0.2) is 42.5 Å². The fourth-order valence-corrected chi connectivity index (χ4v) is 2.67. The molecular weight excluding hydrogens is 326 g/mol. The minimum atomic E-state index is -0.185. The Balaban J connectivity index is 1.98. The molecule has 0 unspecified atom stereocenters. The van der Waals surface area contributed by atoms with Gasteiger partial charge < -0.3 is 14.8 Å². The first-order chi connectivity index (χ1) is 11.5. The van der Waals surface area contributed by atoms with Crippen LogP contribution in [0.2, 0.25) is 5.02 Å². The van der Waals surface area contributed by atoms with E-state index in [4.69, 9.17) is 21.1 Å². The average Bonchev–Trinajstić information content (AvgIpc) is 2.59. The molecule has 0 aliphatic rings. The van der Waals surface area contributed by atoms with Crippen LogP contribution in [0.25, 0.3) is 0 Å². The van der Waals surface area contributed by atoms with Crippen molar-refractivity contribution in [3.8, 4) is 11.5 Å². The molecule has 1 N–H and O–H groups in total. The zero-order valence-electron chi connectivity index (χ0n) is 14.1. The van der Waals surface area contributed by atoms with Crippen molar-refractivity contribution in [2.24, 2.45) is 0 Å². The molecule has 0 aliphatic heterocycles. The molecule has 1 amide bonds. The van der Waals surface area contributed by atoms with E-state index in [-0.39, 0.29) is 18.6 Å². The van der Waals surface area contributed by atoms with Crippen LogP contribution in [0.4, 0.5) is 0 Å². The first-order valence-electron chi connectivity index (χ1n) is 7.86. The van der Waals surface area contributed by atoms with Crippen molar-refractivity contribution in [1.29, 1.82) is 0 Å². The van der Waals surface area contributed by atoms with Crippen LogP contribution in [0, 0.1) is 6.92 Å². The van der Waals surface area contributed by atoms with Crippen LogP contribution in [-0.4, -0.2) is 19.6 Å². The zero-order chi connectivity index (χ0) is 17.5. The minimum Gasteiger partial charge on any atom is -0.496 e. The monoisotopic (exact) mass is 347 g/mol. The Hall–Kier alpha value is -2.20. The molecule has 2 rings (SSSR count). The quantitative estimate of drug-likeness (QED) is 0.812. The van der Waals surface area contributed by atoms with Crippen molar-refractivity contribution in [3.63, 3.8) is 0 Å². The van der Waals surface area contributed by atoms with E-state index in [2.05, 4.69) is 5.32 Å².